The fraction of sp³-hybridized carbons (Fsp3) is 0.867. The summed E-state index contributed by atoms with van der Waals surface area (Å²) < 4.78 is 10.3. The molecule has 2 heterocycles. The summed E-state index contributed by atoms with van der Waals surface area (Å²) in [5.74, 6) is 6.43. The van der Waals surface area contributed by atoms with E-state index in [2.05, 4.69) is 21.9 Å². The predicted octanol–water partition coefficient (Wildman–Crippen LogP) is 2.73. The van der Waals surface area contributed by atoms with Crippen LogP contribution in [0.2, 0.25) is 0 Å². The highest BCUT2D eigenvalue weighted by Gasteiger charge is 2.42. The van der Waals surface area contributed by atoms with Crippen molar-refractivity contribution in [3.63, 3.8) is 0 Å². The highest BCUT2D eigenvalue weighted by molar-refractivity contribution is 7.05. The lowest BCUT2D eigenvalue weighted by molar-refractivity contribution is -0.0981. The molecule has 5 nitrogen and oxygen atoms in total. The molecule has 1 aliphatic carbocycles. The summed E-state index contributed by atoms with van der Waals surface area (Å²) in [4.78, 5) is 1.24. The summed E-state index contributed by atoms with van der Waals surface area (Å²) in [6.07, 6.45) is 9.29. The second-order valence-electron chi connectivity index (χ2n) is 6.47. The Kier molecular flexibility index (Phi) is 4.88. The number of rotatable bonds is 5. The summed E-state index contributed by atoms with van der Waals surface area (Å²) in [7, 11) is 0. The topological polar surface area (TPSA) is 73.1 Å². The molecule has 3 rings (SSSR count). The molecule has 3 N–H and O–H groups in total. The van der Waals surface area contributed by atoms with Gasteiger partial charge in [-0.3, -0.25) is 11.3 Å². The van der Waals surface area contributed by atoms with E-state index < -0.39 is 0 Å². The van der Waals surface area contributed by atoms with E-state index in [9.17, 15) is 0 Å². The SMILES string of the molecule is CCCc1nnsc1C(NN)C1CCOC2(CCCC2)C1. The summed E-state index contributed by atoms with van der Waals surface area (Å²) >= 11 is 1.50. The van der Waals surface area contributed by atoms with Crippen LogP contribution in [0.1, 0.15) is 68.5 Å². The maximum atomic E-state index is 6.15. The molecular weight excluding hydrogens is 284 g/mol. The Morgan fingerprint density at radius 1 is 1.48 bits per heavy atom. The van der Waals surface area contributed by atoms with Crippen LogP contribution in [-0.2, 0) is 11.2 Å². The lowest BCUT2D eigenvalue weighted by Crippen LogP contribution is -2.43. The van der Waals surface area contributed by atoms with Gasteiger partial charge in [0.15, 0.2) is 0 Å². The Labute approximate surface area is 130 Å². The molecule has 0 radical (unpaired) electrons. The zero-order valence-electron chi connectivity index (χ0n) is 12.8. The Morgan fingerprint density at radius 2 is 2.29 bits per heavy atom. The average Bonchev–Trinajstić information content (AvgIpc) is 3.12. The van der Waals surface area contributed by atoms with Crippen LogP contribution in [0.5, 0.6) is 0 Å². The number of hydrogen-bond donors (Lipinski definition) is 2. The van der Waals surface area contributed by atoms with Gasteiger partial charge in [-0.25, -0.2) is 0 Å². The fourth-order valence-corrected chi connectivity index (χ4v) is 4.86. The van der Waals surface area contributed by atoms with Gasteiger partial charge in [0.2, 0.25) is 0 Å². The minimum Gasteiger partial charge on any atom is -0.375 e. The second kappa shape index (κ2) is 6.69. The third-order valence-corrected chi connectivity index (χ3v) is 5.90. The van der Waals surface area contributed by atoms with Gasteiger partial charge < -0.3 is 4.74 Å². The van der Waals surface area contributed by atoms with Crippen LogP contribution >= 0.6 is 11.5 Å². The molecule has 1 saturated heterocycles. The Balaban J connectivity index is 1.77. The van der Waals surface area contributed by atoms with E-state index in [1.807, 2.05) is 0 Å². The maximum Gasteiger partial charge on any atom is 0.0804 e. The van der Waals surface area contributed by atoms with Crippen molar-refractivity contribution in [1.29, 1.82) is 0 Å². The Morgan fingerprint density at radius 3 is 3.00 bits per heavy atom. The first kappa shape index (κ1) is 15.3. The van der Waals surface area contributed by atoms with Crippen molar-refractivity contribution < 1.29 is 4.74 Å². The van der Waals surface area contributed by atoms with E-state index in [1.165, 1.54) is 42.1 Å². The first-order chi connectivity index (χ1) is 10.3. The molecule has 1 aliphatic heterocycles. The monoisotopic (exact) mass is 310 g/mol. The summed E-state index contributed by atoms with van der Waals surface area (Å²) in [5.41, 5.74) is 4.30. The van der Waals surface area contributed by atoms with Crippen molar-refractivity contribution in [2.75, 3.05) is 6.61 Å². The normalized spacial score (nSPS) is 26.3. The third kappa shape index (κ3) is 3.13. The Bertz CT molecular complexity index is 458. The average molecular weight is 310 g/mol. The van der Waals surface area contributed by atoms with Crippen LogP contribution in [0, 0.1) is 5.92 Å². The van der Waals surface area contributed by atoms with Crippen molar-refractivity contribution >= 4 is 11.5 Å². The predicted molar refractivity (Wildman–Crippen MR) is 83.8 cm³/mol. The molecular formula is C15H26N4OS. The van der Waals surface area contributed by atoms with E-state index >= 15 is 0 Å². The molecule has 2 atom stereocenters. The van der Waals surface area contributed by atoms with Crippen molar-refractivity contribution in [3.05, 3.63) is 10.6 Å². The van der Waals surface area contributed by atoms with Gasteiger partial charge in [-0.2, -0.15) is 0 Å². The molecule has 118 valence electrons. The number of hydrazine groups is 1. The number of nitrogens with zero attached hydrogens (tertiary/aromatic N) is 2. The van der Waals surface area contributed by atoms with E-state index in [-0.39, 0.29) is 11.6 Å². The van der Waals surface area contributed by atoms with Gasteiger partial charge in [0, 0.05) is 6.61 Å². The number of aromatic nitrogens is 2. The van der Waals surface area contributed by atoms with Crippen molar-refractivity contribution in [3.8, 4) is 0 Å². The molecule has 2 aliphatic rings. The molecule has 1 saturated carbocycles. The van der Waals surface area contributed by atoms with Crippen LogP contribution < -0.4 is 11.3 Å². The lowest BCUT2D eigenvalue weighted by atomic mass is 9.80. The molecule has 0 aromatic carbocycles. The van der Waals surface area contributed by atoms with Crippen molar-refractivity contribution in [2.24, 2.45) is 11.8 Å². The molecule has 0 amide bonds. The van der Waals surface area contributed by atoms with Gasteiger partial charge in [-0.15, -0.1) is 5.10 Å². The van der Waals surface area contributed by atoms with Crippen LogP contribution in [-0.4, -0.2) is 21.8 Å². The van der Waals surface area contributed by atoms with Gasteiger partial charge in [0.1, 0.15) is 0 Å². The zero-order valence-corrected chi connectivity index (χ0v) is 13.6. The zero-order chi connectivity index (χ0) is 14.7. The number of nitrogens with two attached hydrogens (primary N) is 1. The molecule has 2 unspecified atom stereocenters. The van der Waals surface area contributed by atoms with E-state index in [1.54, 1.807) is 0 Å². The molecule has 1 aromatic rings. The van der Waals surface area contributed by atoms with Gasteiger partial charge in [-0.1, -0.05) is 30.7 Å². The number of ether oxygens (including phenoxy) is 1. The lowest BCUT2D eigenvalue weighted by Gasteiger charge is -2.41. The van der Waals surface area contributed by atoms with Gasteiger partial charge in [0.25, 0.3) is 0 Å². The van der Waals surface area contributed by atoms with Gasteiger partial charge in [0.05, 0.1) is 22.2 Å². The van der Waals surface area contributed by atoms with Crippen LogP contribution in [0.15, 0.2) is 0 Å². The highest BCUT2D eigenvalue weighted by Crippen LogP contribution is 2.45. The summed E-state index contributed by atoms with van der Waals surface area (Å²) in [6.45, 7) is 3.04. The van der Waals surface area contributed by atoms with Crippen LogP contribution in [0.3, 0.4) is 0 Å². The molecule has 1 aromatic heterocycles. The third-order valence-electron chi connectivity index (χ3n) is 5.05. The molecule has 0 bridgehead atoms. The van der Waals surface area contributed by atoms with E-state index in [4.69, 9.17) is 10.6 Å². The van der Waals surface area contributed by atoms with E-state index in [0.29, 0.717) is 5.92 Å². The van der Waals surface area contributed by atoms with Gasteiger partial charge in [-0.05, 0) is 49.6 Å². The maximum absolute atomic E-state index is 6.15. The van der Waals surface area contributed by atoms with Gasteiger partial charge >= 0.3 is 0 Å². The Hall–Kier alpha value is -0.560. The van der Waals surface area contributed by atoms with Crippen LogP contribution in [0.25, 0.3) is 0 Å². The fourth-order valence-electron chi connectivity index (χ4n) is 4.01. The minimum absolute atomic E-state index is 0.126. The summed E-state index contributed by atoms with van der Waals surface area (Å²) in [5, 5.41) is 4.30. The van der Waals surface area contributed by atoms with Crippen LogP contribution in [0.4, 0.5) is 0 Å². The number of hydrogen-bond acceptors (Lipinski definition) is 6. The molecule has 21 heavy (non-hydrogen) atoms. The highest BCUT2D eigenvalue weighted by atomic mass is 32.1. The smallest absolute Gasteiger partial charge is 0.0804 e. The molecule has 2 fully saturated rings. The first-order valence-electron chi connectivity index (χ1n) is 8.19. The van der Waals surface area contributed by atoms with Crippen molar-refractivity contribution in [1.82, 2.24) is 15.0 Å². The quantitative estimate of drug-likeness (QED) is 0.646. The standard InChI is InChI=1S/C15H26N4OS/c1-2-5-12-14(21-19-18-12)13(17-16)11-6-9-20-15(10-11)7-3-4-8-15/h11,13,17H,2-10,16H2,1H3. The summed E-state index contributed by atoms with van der Waals surface area (Å²) in [6, 6.07) is 0.174. The van der Waals surface area contributed by atoms with E-state index in [0.717, 1.165) is 38.0 Å². The minimum atomic E-state index is 0.126. The first-order valence-corrected chi connectivity index (χ1v) is 8.96. The molecule has 6 heteroatoms. The van der Waals surface area contributed by atoms with Crippen molar-refractivity contribution in [2.45, 2.75) is 69.9 Å². The largest absolute Gasteiger partial charge is 0.375 e. The number of aryl methyl sites for hydroxylation is 1. The molecule has 1 spiro atoms. The number of nitrogens with one attached hydrogen (secondary N) is 1. The second-order valence-corrected chi connectivity index (χ2v) is 7.26.